The van der Waals surface area contributed by atoms with Gasteiger partial charge in [0.05, 0.1) is 56.2 Å². The van der Waals surface area contributed by atoms with Gasteiger partial charge < -0.3 is 24.4 Å². The normalized spacial score (nSPS) is 29.3. The van der Waals surface area contributed by atoms with Crippen molar-refractivity contribution >= 4 is 123 Å². The highest BCUT2D eigenvalue weighted by Crippen LogP contribution is 2.40. The Labute approximate surface area is 269 Å². The number of rotatable bonds is 18. The molecule has 5 rings (SSSR count). The van der Waals surface area contributed by atoms with Crippen LogP contribution in [0.5, 0.6) is 0 Å². The van der Waals surface area contributed by atoms with Crippen molar-refractivity contribution in [3.63, 3.8) is 0 Å². The molecule has 5 fully saturated rings. The lowest BCUT2D eigenvalue weighted by Gasteiger charge is -2.07. The van der Waals surface area contributed by atoms with Gasteiger partial charge in [0.15, 0.2) is 0 Å². The van der Waals surface area contributed by atoms with Crippen LogP contribution < -0.4 is 0 Å². The molecular weight excluding hydrogens is 695 g/mol. The zero-order chi connectivity index (χ0) is 26.7. The molecule has 0 bridgehead atoms. The molecule has 0 saturated carbocycles. The summed E-state index contributed by atoms with van der Waals surface area (Å²) in [5.74, 6) is 10.3. The Kier molecular flexibility index (Phi) is 23.6. The molecular formula is C21H37Cl3O5S8. The van der Waals surface area contributed by atoms with E-state index < -0.39 is 12.2 Å². The van der Waals surface area contributed by atoms with Crippen molar-refractivity contribution in [1.29, 1.82) is 0 Å². The first-order valence-electron chi connectivity index (χ1n) is 11.9. The Morgan fingerprint density at radius 3 is 1.22 bits per heavy atom. The van der Waals surface area contributed by atoms with Gasteiger partial charge in [-0.25, -0.2) is 0 Å². The smallest absolute Gasteiger partial charge is 0.0944 e. The largest absolute Gasteiger partial charge is 0.391 e. The van der Waals surface area contributed by atoms with Gasteiger partial charge in [-0.15, -0.1) is 34.8 Å². The van der Waals surface area contributed by atoms with Gasteiger partial charge in [-0.1, -0.05) is 64.8 Å². The third-order valence-corrected chi connectivity index (χ3v) is 15.3. The second kappa shape index (κ2) is 23.9. The summed E-state index contributed by atoms with van der Waals surface area (Å²) in [6, 6.07) is 0. The second-order valence-corrected chi connectivity index (χ2v) is 19.5. The first kappa shape index (κ1) is 36.7. The van der Waals surface area contributed by atoms with E-state index in [1.807, 2.05) is 21.6 Å². The Balaban J connectivity index is 0.000000179. The number of thioether (sulfide) groups is 2. The molecule has 220 valence electrons. The number of halogens is 3. The third kappa shape index (κ3) is 26.8. The summed E-state index contributed by atoms with van der Waals surface area (Å²) in [6.45, 7) is 2.84. The van der Waals surface area contributed by atoms with E-state index in [2.05, 4.69) is 45.1 Å². The molecule has 7 unspecified atom stereocenters. The molecule has 0 aromatic heterocycles. The van der Waals surface area contributed by atoms with Gasteiger partial charge in [0.25, 0.3) is 0 Å². The van der Waals surface area contributed by atoms with E-state index in [1.165, 1.54) is 44.6 Å². The maximum absolute atomic E-state index is 9.03. The zero-order valence-corrected chi connectivity index (χ0v) is 29.3. The first-order chi connectivity index (χ1) is 18.0. The van der Waals surface area contributed by atoms with Gasteiger partial charge in [0.2, 0.25) is 0 Å². The number of aliphatic hydroxyl groups is 2. The molecule has 0 aromatic rings. The van der Waals surface area contributed by atoms with Crippen LogP contribution in [0.15, 0.2) is 0 Å². The van der Waals surface area contributed by atoms with Crippen molar-refractivity contribution < 1.29 is 24.4 Å². The van der Waals surface area contributed by atoms with Gasteiger partial charge in [0.1, 0.15) is 0 Å². The lowest BCUT2D eigenvalue weighted by atomic mass is 10.5. The van der Waals surface area contributed by atoms with Crippen LogP contribution in [0, 0.1) is 0 Å². The van der Waals surface area contributed by atoms with E-state index in [0.29, 0.717) is 35.7 Å². The van der Waals surface area contributed by atoms with E-state index in [4.69, 9.17) is 59.2 Å². The highest BCUT2D eigenvalue weighted by molar-refractivity contribution is 8.77. The molecule has 5 aliphatic heterocycles. The van der Waals surface area contributed by atoms with Crippen LogP contribution in [-0.4, -0.2) is 135 Å². The molecule has 37 heavy (non-hydrogen) atoms. The summed E-state index contributed by atoms with van der Waals surface area (Å²) in [4.78, 5) is 0. The minimum absolute atomic E-state index is 0.256. The summed E-state index contributed by atoms with van der Waals surface area (Å²) in [6.07, 6.45) is 0.613. The second-order valence-electron chi connectivity index (χ2n) is 8.25. The Morgan fingerprint density at radius 1 is 0.622 bits per heavy atom. The predicted molar refractivity (Wildman–Crippen MR) is 181 cm³/mol. The minimum atomic E-state index is -0.461. The van der Waals surface area contributed by atoms with Crippen LogP contribution in [0.25, 0.3) is 0 Å². The lowest BCUT2D eigenvalue weighted by molar-refractivity contribution is 0.223. The van der Waals surface area contributed by atoms with E-state index in [1.54, 1.807) is 0 Å². The van der Waals surface area contributed by atoms with Crippen LogP contribution in [-0.2, 0) is 14.2 Å². The standard InChI is InChI=1S/C6H12Cl2O2S2.C6H10O2S2.C6H10S4.C3H5ClO/c7-1-5(9)3-11-12-4-6(10)2-8;2*1-5(7-1)3-9-10-4-6-2-8-6;4-1-3-2-5-3/h5-6,9-10H,1-4H2;2*5-6H,1-4H2;3H,1-2H2. The fourth-order valence-corrected chi connectivity index (χ4v) is 11.7. The van der Waals surface area contributed by atoms with Crippen molar-refractivity contribution in [3.8, 4) is 0 Å². The van der Waals surface area contributed by atoms with Crippen LogP contribution >= 0.6 is 123 Å². The van der Waals surface area contributed by atoms with Crippen LogP contribution in [0.1, 0.15) is 0 Å². The molecule has 7 atom stereocenters. The molecule has 0 radical (unpaired) electrons. The van der Waals surface area contributed by atoms with Crippen molar-refractivity contribution in [1.82, 2.24) is 0 Å². The maximum Gasteiger partial charge on any atom is 0.0944 e. The average Bonchev–Trinajstić information content (AvgIpc) is 3.75. The van der Waals surface area contributed by atoms with Crippen LogP contribution in [0.4, 0.5) is 0 Å². The fourth-order valence-electron chi connectivity index (χ4n) is 1.65. The topological polar surface area (TPSA) is 78.0 Å². The SMILES string of the molecule is C(SSCC1CS1)C1CS1.C1OC1CSSCC1CO1.ClCC1CO1.OC(CCl)CSSCC(O)CCl. The molecule has 5 saturated heterocycles. The molecule has 2 N–H and O–H groups in total. The molecule has 5 aliphatic rings. The zero-order valence-electron chi connectivity index (χ0n) is 20.5. The van der Waals surface area contributed by atoms with Gasteiger partial charge in [-0.3, -0.25) is 0 Å². The Morgan fingerprint density at radius 2 is 0.973 bits per heavy atom. The Bertz CT molecular complexity index is 480. The molecule has 5 heterocycles. The van der Waals surface area contributed by atoms with Crippen molar-refractivity contribution in [3.05, 3.63) is 0 Å². The van der Waals surface area contributed by atoms with E-state index in [-0.39, 0.29) is 11.8 Å². The lowest BCUT2D eigenvalue weighted by Crippen LogP contribution is -2.12. The van der Waals surface area contributed by atoms with Gasteiger partial charge >= 0.3 is 0 Å². The number of alkyl halides is 3. The van der Waals surface area contributed by atoms with Crippen molar-refractivity contribution in [2.24, 2.45) is 0 Å². The summed E-state index contributed by atoms with van der Waals surface area (Å²) in [5.41, 5.74) is 0. The van der Waals surface area contributed by atoms with Crippen molar-refractivity contribution in [2.45, 2.75) is 41.0 Å². The molecule has 0 aromatic carbocycles. The highest BCUT2D eigenvalue weighted by Gasteiger charge is 2.25. The average molecular weight is 732 g/mol. The fraction of sp³-hybridized carbons (Fsp3) is 1.00. The van der Waals surface area contributed by atoms with Crippen LogP contribution in [0.2, 0.25) is 0 Å². The minimum Gasteiger partial charge on any atom is -0.391 e. The maximum atomic E-state index is 9.03. The van der Waals surface area contributed by atoms with E-state index >= 15 is 0 Å². The highest BCUT2D eigenvalue weighted by atomic mass is 35.5. The van der Waals surface area contributed by atoms with E-state index in [9.17, 15) is 0 Å². The van der Waals surface area contributed by atoms with Gasteiger partial charge in [-0.2, -0.15) is 23.5 Å². The number of epoxide rings is 3. The summed E-state index contributed by atoms with van der Waals surface area (Å²) < 4.78 is 14.9. The molecule has 0 aliphatic carbocycles. The third-order valence-electron chi connectivity index (χ3n) is 4.33. The first-order valence-corrected chi connectivity index (χ1v) is 23.1. The summed E-state index contributed by atoms with van der Waals surface area (Å²) in [7, 11) is 10.9. The van der Waals surface area contributed by atoms with Gasteiger partial charge in [0, 0.05) is 68.3 Å². The quantitative estimate of drug-likeness (QED) is 0.0755. The summed E-state index contributed by atoms with van der Waals surface area (Å²) in [5, 5.41) is 20.1. The van der Waals surface area contributed by atoms with Crippen LogP contribution in [0.3, 0.4) is 0 Å². The molecule has 0 amide bonds. The molecule has 5 nitrogen and oxygen atoms in total. The molecule has 0 spiro atoms. The monoisotopic (exact) mass is 730 g/mol. The van der Waals surface area contributed by atoms with Gasteiger partial charge in [-0.05, 0) is 0 Å². The predicted octanol–water partition coefficient (Wildman–Crippen LogP) is 5.96. The Hall–Kier alpha value is 3.47. The molecule has 16 heteroatoms. The summed E-state index contributed by atoms with van der Waals surface area (Å²) >= 11 is 20.2. The van der Waals surface area contributed by atoms with E-state index in [0.717, 1.165) is 41.8 Å². The number of ether oxygens (including phenoxy) is 3. The number of hydrogen-bond acceptors (Lipinski definition) is 13. The van der Waals surface area contributed by atoms with Crippen molar-refractivity contribution in [2.75, 3.05) is 83.5 Å². The number of aliphatic hydroxyl groups excluding tert-OH is 2. The number of hydrogen-bond donors (Lipinski definition) is 2.